The molecule has 0 radical (unpaired) electrons. The molecule has 1 atom stereocenters. The topological polar surface area (TPSA) is 127 Å². The number of hydrogen-bond donors (Lipinski definition) is 2. The highest BCUT2D eigenvalue weighted by molar-refractivity contribution is 5.95. The number of nitrogens with one attached hydrogen (secondary N) is 1. The van der Waals surface area contributed by atoms with Gasteiger partial charge in [-0.3, -0.25) is 9.59 Å². The lowest BCUT2D eigenvalue weighted by atomic mass is 9.99. The zero-order valence-corrected chi connectivity index (χ0v) is 23.4. The van der Waals surface area contributed by atoms with Gasteiger partial charge < -0.3 is 30.2 Å². The predicted octanol–water partition coefficient (Wildman–Crippen LogP) is 4.96. The summed E-state index contributed by atoms with van der Waals surface area (Å²) in [5, 5.41) is 12.2. The molecule has 4 aromatic rings. The van der Waals surface area contributed by atoms with Gasteiger partial charge in [0.05, 0.1) is 24.4 Å². The zero-order valence-electron chi connectivity index (χ0n) is 23.4. The Balaban J connectivity index is 1.84. The minimum Gasteiger partial charge on any atom is -0.493 e. The fraction of sp³-hybridized carbons (Fsp3) is 0.182. The first-order valence-corrected chi connectivity index (χ1v) is 13.2. The Hall–Kier alpha value is -5.33. The average molecular weight is 565 g/mol. The third-order valence-corrected chi connectivity index (χ3v) is 6.52. The Bertz CT molecular complexity index is 1540. The number of anilines is 2. The summed E-state index contributed by atoms with van der Waals surface area (Å²) in [6, 6.07) is 30.4. The number of ether oxygens (including phenoxy) is 3. The van der Waals surface area contributed by atoms with Crippen LogP contribution in [-0.4, -0.2) is 32.6 Å². The maximum Gasteiger partial charge on any atom is 0.250 e. The van der Waals surface area contributed by atoms with Crippen LogP contribution in [0.15, 0.2) is 97.1 Å². The van der Waals surface area contributed by atoms with Gasteiger partial charge in [-0.2, -0.15) is 5.26 Å². The van der Waals surface area contributed by atoms with Crippen molar-refractivity contribution in [2.24, 2.45) is 5.73 Å². The van der Waals surface area contributed by atoms with E-state index in [-0.39, 0.29) is 13.2 Å². The van der Waals surface area contributed by atoms with Gasteiger partial charge in [0.2, 0.25) is 11.8 Å². The second-order valence-corrected chi connectivity index (χ2v) is 9.42. The monoisotopic (exact) mass is 564 g/mol. The lowest BCUT2D eigenvalue weighted by molar-refractivity contribution is -0.120. The maximum atomic E-state index is 13.3. The number of carbonyl (C=O) groups is 2. The van der Waals surface area contributed by atoms with Crippen molar-refractivity contribution in [2.45, 2.75) is 19.2 Å². The van der Waals surface area contributed by atoms with Crippen molar-refractivity contribution in [3.05, 3.63) is 119 Å². The van der Waals surface area contributed by atoms with E-state index in [1.807, 2.05) is 65.6 Å². The molecule has 4 rings (SSSR count). The van der Waals surface area contributed by atoms with Crippen molar-refractivity contribution >= 4 is 23.2 Å². The molecule has 0 aliphatic rings. The Labute approximate surface area is 245 Å². The number of rotatable bonds is 13. The highest BCUT2D eigenvalue weighted by atomic mass is 16.5. The molecule has 0 heterocycles. The van der Waals surface area contributed by atoms with E-state index >= 15 is 0 Å². The number of benzene rings is 4. The number of primary amides is 1. The van der Waals surface area contributed by atoms with Gasteiger partial charge in [0, 0.05) is 31.0 Å². The highest BCUT2D eigenvalue weighted by Crippen LogP contribution is 2.40. The molecule has 0 aliphatic heterocycles. The van der Waals surface area contributed by atoms with E-state index in [0.29, 0.717) is 40.5 Å². The molecule has 2 amide bonds. The molecule has 214 valence electrons. The Morgan fingerprint density at radius 1 is 0.905 bits per heavy atom. The van der Waals surface area contributed by atoms with Crippen molar-refractivity contribution in [1.82, 2.24) is 0 Å². The van der Waals surface area contributed by atoms with Gasteiger partial charge in [-0.1, -0.05) is 60.7 Å². The van der Waals surface area contributed by atoms with Crippen LogP contribution >= 0.6 is 0 Å². The summed E-state index contributed by atoms with van der Waals surface area (Å²) in [6.45, 7) is 0.364. The van der Waals surface area contributed by atoms with E-state index in [1.54, 1.807) is 36.4 Å². The van der Waals surface area contributed by atoms with Crippen LogP contribution < -0.4 is 25.4 Å². The first kappa shape index (κ1) is 29.6. The molecule has 1 unspecified atom stereocenters. The number of hydrogen-bond acceptors (Lipinski definition) is 7. The van der Waals surface area contributed by atoms with E-state index in [2.05, 4.69) is 11.4 Å². The smallest absolute Gasteiger partial charge is 0.250 e. The number of amides is 2. The fourth-order valence-electron chi connectivity index (χ4n) is 4.55. The van der Waals surface area contributed by atoms with Gasteiger partial charge in [0.25, 0.3) is 0 Å². The highest BCUT2D eigenvalue weighted by Gasteiger charge is 2.31. The molecule has 0 spiro atoms. The number of carbonyl (C=O) groups excluding carboxylic acids is 2. The Morgan fingerprint density at radius 2 is 1.55 bits per heavy atom. The van der Waals surface area contributed by atoms with Gasteiger partial charge >= 0.3 is 0 Å². The van der Waals surface area contributed by atoms with E-state index < -0.39 is 17.9 Å². The Kier molecular flexibility index (Phi) is 10.1. The molecule has 0 bridgehead atoms. The van der Waals surface area contributed by atoms with Crippen molar-refractivity contribution in [1.29, 1.82) is 5.26 Å². The maximum absolute atomic E-state index is 13.3. The van der Waals surface area contributed by atoms with Gasteiger partial charge in [0.1, 0.15) is 19.3 Å². The average Bonchev–Trinajstić information content (AvgIpc) is 3.01. The summed E-state index contributed by atoms with van der Waals surface area (Å²) in [7, 11) is 2.92. The van der Waals surface area contributed by atoms with Crippen LogP contribution in [0.25, 0.3) is 0 Å². The molecule has 0 fully saturated rings. The van der Waals surface area contributed by atoms with Crippen LogP contribution in [0.2, 0.25) is 0 Å². The molecule has 0 aliphatic carbocycles. The molecule has 0 aromatic heterocycles. The number of methoxy groups -OCH3 is 2. The summed E-state index contributed by atoms with van der Waals surface area (Å²) in [4.78, 5) is 27.9. The molecule has 0 saturated heterocycles. The fourth-order valence-corrected chi connectivity index (χ4v) is 4.55. The molecule has 0 saturated carbocycles. The number of nitriles is 1. The molecule has 9 nitrogen and oxygen atoms in total. The summed E-state index contributed by atoms with van der Waals surface area (Å²) in [5.41, 5.74) is 9.81. The summed E-state index contributed by atoms with van der Waals surface area (Å²) >= 11 is 0. The van der Waals surface area contributed by atoms with E-state index in [4.69, 9.17) is 19.9 Å². The van der Waals surface area contributed by atoms with Gasteiger partial charge in [0.15, 0.2) is 11.5 Å². The normalized spacial score (nSPS) is 11.2. The molecular formula is C33H32N4O5. The van der Waals surface area contributed by atoms with Crippen molar-refractivity contribution in [2.75, 3.05) is 31.0 Å². The van der Waals surface area contributed by atoms with Gasteiger partial charge in [-0.25, -0.2) is 0 Å². The molecule has 4 aromatic carbocycles. The second-order valence-electron chi connectivity index (χ2n) is 9.42. The lowest BCUT2D eigenvalue weighted by Gasteiger charge is -2.34. The van der Waals surface area contributed by atoms with Crippen LogP contribution in [-0.2, 0) is 27.5 Å². The van der Waals surface area contributed by atoms with Crippen molar-refractivity contribution < 1.29 is 23.8 Å². The van der Waals surface area contributed by atoms with Crippen LogP contribution in [0, 0.1) is 11.3 Å². The lowest BCUT2D eigenvalue weighted by Crippen LogP contribution is -2.38. The number of nitrogens with two attached hydrogens (primary N) is 1. The molecule has 3 N–H and O–H groups in total. The summed E-state index contributed by atoms with van der Waals surface area (Å²) < 4.78 is 16.8. The minimum atomic E-state index is -1.05. The quantitative estimate of drug-likeness (QED) is 0.235. The van der Waals surface area contributed by atoms with Crippen LogP contribution in [0.5, 0.6) is 11.5 Å². The third kappa shape index (κ3) is 7.44. The summed E-state index contributed by atoms with van der Waals surface area (Å²) in [6.07, 6.45) is 0. The first-order valence-electron chi connectivity index (χ1n) is 13.2. The van der Waals surface area contributed by atoms with E-state index in [9.17, 15) is 14.9 Å². The standard InChI is InChI=1S/C33H32N4O5/c1-40-22-31(38)36-28-18-30(42-21-25-11-7-4-8-12-25)29(41-2)17-27(28)32(33(35)39)37(20-24-9-5-3-6-10-24)26-15-13-23(19-34)14-16-26/h3-18,32H,20-22H2,1-2H3,(H2,35,39)(H,36,38). The largest absolute Gasteiger partial charge is 0.493 e. The van der Waals surface area contributed by atoms with Crippen molar-refractivity contribution in [3.8, 4) is 17.6 Å². The Morgan fingerprint density at radius 3 is 2.12 bits per heavy atom. The zero-order chi connectivity index (χ0) is 29.9. The van der Waals surface area contributed by atoms with E-state index in [1.165, 1.54) is 14.2 Å². The second kappa shape index (κ2) is 14.3. The van der Waals surface area contributed by atoms with Crippen LogP contribution in [0.1, 0.15) is 28.3 Å². The minimum absolute atomic E-state index is 0.198. The van der Waals surface area contributed by atoms with Crippen LogP contribution in [0.3, 0.4) is 0 Å². The van der Waals surface area contributed by atoms with E-state index in [0.717, 1.165) is 11.1 Å². The van der Waals surface area contributed by atoms with Gasteiger partial charge in [-0.15, -0.1) is 0 Å². The molecule has 9 heteroatoms. The molecular weight excluding hydrogens is 532 g/mol. The SMILES string of the molecule is COCC(=O)Nc1cc(OCc2ccccc2)c(OC)cc1C(C(N)=O)N(Cc1ccccc1)c1ccc(C#N)cc1. The number of nitrogens with zero attached hydrogens (tertiary/aromatic N) is 2. The van der Waals surface area contributed by atoms with Crippen LogP contribution in [0.4, 0.5) is 11.4 Å². The third-order valence-electron chi connectivity index (χ3n) is 6.52. The first-order chi connectivity index (χ1) is 20.4. The predicted molar refractivity (Wildman–Crippen MR) is 160 cm³/mol. The van der Waals surface area contributed by atoms with Gasteiger partial charge in [-0.05, 0) is 41.5 Å². The van der Waals surface area contributed by atoms with Crippen molar-refractivity contribution in [3.63, 3.8) is 0 Å². The summed E-state index contributed by atoms with van der Waals surface area (Å²) in [5.74, 6) is -0.350. The molecule has 42 heavy (non-hydrogen) atoms.